The van der Waals surface area contributed by atoms with Gasteiger partial charge in [0.1, 0.15) is 5.69 Å². The van der Waals surface area contributed by atoms with Crippen molar-refractivity contribution in [3.05, 3.63) is 52.6 Å². The molecule has 2 aromatic rings. The zero-order valence-electron chi connectivity index (χ0n) is 17.7. The van der Waals surface area contributed by atoms with Gasteiger partial charge in [0.25, 0.3) is 5.69 Å². The summed E-state index contributed by atoms with van der Waals surface area (Å²) in [5, 5.41) is 16.3. The summed E-state index contributed by atoms with van der Waals surface area (Å²) < 4.78 is 11.0. The SMILES string of the molecule is CCOc1ccc(NC(=O)CN(C)CC(=O)Nc2ccccc2[N+](=O)[O-])cc1OCC. The monoisotopic (exact) mass is 430 g/mol. The molecular formula is C21H26N4O6. The quantitative estimate of drug-likeness (QED) is 0.415. The van der Waals surface area contributed by atoms with Gasteiger partial charge in [-0.1, -0.05) is 12.1 Å². The van der Waals surface area contributed by atoms with Gasteiger partial charge >= 0.3 is 0 Å². The number of rotatable bonds is 11. The highest BCUT2D eigenvalue weighted by atomic mass is 16.6. The van der Waals surface area contributed by atoms with E-state index in [4.69, 9.17) is 9.47 Å². The summed E-state index contributed by atoms with van der Waals surface area (Å²) in [7, 11) is 1.60. The molecule has 0 aliphatic heterocycles. The Labute approximate surface area is 180 Å². The predicted octanol–water partition coefficient (Wildman–Crippen LogP) is 2.90. The number of nitrogens with one attached hydrogen (secondary N) is 2. The molecule has 0 aliphatic rings. The van der Waals surface area contributed by atoms with Crippen LogP contribution in [0.25, 0.3) is 0 Å². The third-order valence-corrected chi connectivity index (χ3v) is 4.03. The van der Waals surface area contributed by atoms with Gasteiger partial charge in [0.15, 0.2) is 11.5 Å². The Bertz CT molecular complexity index is 934. The standard InChI is InChI=1S/C21H26N4O6/c1-4-30-18-11-10-15(12-19(18)31-5-2)22-20(26)13-24(3)14-21(27)23-16-8-6-7-9-17(16)25(28)29/h6-12H,4-5,13-14H2,1-3H3,(H,22,26)(H,23,27). The van der Waals surface area contributed by atoms with Gasteiger partial charge in [0.05, 0.1) is 31.2 Å². The second-order valence-corrected chi connectivity index (χ2v) is 6.57. The third kappa shape index (κ3) is 7.27. The van der Waals surface area contributed by atoms with Gasteiger partial charge in [0, 0.05) is 17.8 Å². The van der Waals surface area contributed by atoms with Crippen molar-refractivity contribution in [2.24, 2.45) is 0 Å². The molecule has 0 aliphatic carbocycles. The van der Waals surface area contributed by atoms with Crippen molar-refractivity contribution in [1.82, 2.24) is 4.90 Å². The summed E-state index contributed by atoms with van der Waals surface area (Å²) in [6, 6.07) is 11.0. The fourth-order valence-corrected chi connectivity index (χ4v) is 2.80. The number of likely N-dealkylation sites (N-methyl/N-ethyl adjacent to an activating group) is 1. The molecule has 0 spiro atoms. The van der Waals surface area contributed by atoms with E-state index in [1.807, 2.05) is 13.8 Å². The summed E-state index contributed by atoms with van der Waals surface area (Å²) in [5.74, 6) is 0.322. The smallest absolute Gasteiger partial charge is 0.292 e. The van der Waals surface area contributed by atoms with Crippen molar-refractivity contribution in [3.8, 4) is 11.5 Å². The van der Waals surface area contributed by atoms with E-state index < -0.39 is 10.8 Å². The van der Waals surface area contributed by atoms with Crippen LogP contribution in [0, 0.1) is 10.1 Å². The molecule has 0 radical (unpaired) electrons. The molecule has 0 fully saturated rings. The number of amides is 2. The van der Waals surface area contributed by atoms with Gasteiger partial charge in [-0.2, -0.15) is 0 Å². The minimum atomic E-state index is -0.569. The molecule has 0 heterocycles. The molecule has 10 nitrogen and oxygen atoms in total. The van der Waals surface area contributed by atoms with Crippen LogP contribution in [-0.4, -0.2) is 55.0 Å². The van der Waals surface area contributed by atoms with E-state index in [-0.39, 0.29) is 30.4 Å². The Morgan fingerprint density at radius 1 is 0.968 bits per heavy atom. The number of para-hydroxylation sites is 2. The molecule has 0 unspecified atom stereocenters. The van der Waals surface area contributed by atoms with E-state index >= 15 is 0 Å². The first kappa shape index (κ1) is 23.6. The normalized spacial score (nSPS) is 10.5. The summed E-state index contributed by atoms with van der Waals surface area (Å²) in [5.41, 5.74) is 0.444. The lowest BCUT2D eigenvalue weighted by molar-refractivity contribution is -0.383. The number of hydrogen-bond donors (Lipinski definition) is 2. The maximum Gasteiger partial charge on any atom is 0.292 e. The van der Waals surface area contributed by atoms with Crippen LogP contribution < -0.4 is 20.1 Å². The fourth-order valence-electron chi connectivity index (χ4n) is 2.80. The Balaban J connectivity index is 1.92. The lowest BCUT2D eigenvalue weighted by Crippen LogP contribution is -2.36. The zero-order valence-corrected chi connectivity index (χ0v) is 17.7. The average molecular weight is 430 g/mol. The van der Waals surface area contributed by atoms with Crippen LogP contribution in [0.3, 0.4) is 0 Å². The van der Waals surface area contributed by atoms with Crippen LogP contribution >= 0.6 is 0 Å². The zero-order chi connectivity index (χ0) is 22.8. The molecule has 31 heavy (non-hydrogen) atoms. The number of nitrogens with zero attached hydrogens (tertiary/aromatic N) is 2. The van der Waals surface area contributed by atoms with Gasteiger partial charge in [-0.3, -0.25) is 24.6 Å². The van der Waals surface area contributed by atoms with E-state index in [0.717, 1.165) is 0 Å². The number of nitro groups is 1. The Morgan fingerprint density at radius 2 is 1.58 bits per heavy atom. The van der Waals surface area contributed by atoms with E-state index in [0.29, 0.717) is 30.4 Å². The van der Waals surface area contributed by atoms with Gasteiger partial charge < -0.3 is 20.1 Å². The second-order valence-electron chi connectivity index (χ2n) is 6.57. The van der Waals surface area contributed by atoms with Gasteiger partial charge in [0.2, 0.25) is 11.8 Å². The van der Waals surface area contributed by atoms with E-state index in [9.17, 15) is 19.7 Å². The lowest BCUT2D eigenvalue weighted by atomic mass is 10.2. The number of benzene rings is 2. The molecule has 2 N–H and O–H groups in total. The largest absolute Gasteiger partial charge is 0.490 e. The maximum absolute atomic E-state index is 12.3. The fraction of sp³-hybridized carbons (Fsp3) is 0.333. The minimum Gasteiger partial charge on any atom is -0.490 e. The van der Waals surface area contributed by atoms with E-state index in [1.165, 1.54) is 23.1 Å². The molecule has 0 atom stereocenters. The van der Waals surface area contributed by atoms with Crippen LogP contribution in [0.15, 0.2) is 42.5 Å². The summed E-state index contributed by atoms with van der Waals surface area (Å²) in [6.07, 6.45) is 0. The Hall–Kier alpha value is -3.66. The molecular weight excluding hydrogens is 404 g/mol. The first-order valence-electron chi connectivity index (χ1n) is 9.75. The molecule has 0 bridgehead atoms. The van der Waals surface area contributed by atoms with Crippen molar-refractivity contribution in [2.45, 2.75) is 13.8 Å². The number of carbonyl (C=O) groups is 2. The Kier molecular flexibility index (Phi) is 8.77. The number of hydrogen-bond acceptors (Lipinski definition) is 7. The number of carbonyl (C=O) groups excluding carboxylic acids is 2. The molecule has 0 saturated heterocycles. The van der Waals surface area contributed by atoms with Crippen LogP contribution in [0.1, 0.15) is 13.8 Å². The van der Waals surface area contributed by atoms with Crippen molar-refractivity contribution in [3.63, 3.8) is 0 Å². The van der Waals surface area contributed by atoms with Crippen LogP contribution in [0.4, 0.5) is 17.1 Å². The second kappa shape index (κ2) is 11.5. The molecule has 0 aromatic heterocycles. The lowest BCUT2D eigenvalue weighted by Gasteiger charge is -2.17. The van der Waals surface area contributed by atoms with Gasteiger partial charge in [-0.15, -0.1) is 0 Å². The first-order chi connectivity index (χ1) is 14.8. The van der Waals surface area contributed by atoms with E-state index in [1.54, 1.807) is 31.3 Å². The highest BCUT2D eigenvalue weighted by molar-refractivity contribution is 5.96. The topological polar surface area (TPSA) is 123 Å². The molecule has 10 heteroatoms. The number of ether oxygens (including phenoxy) is 2. The first-order valence-corrected chi connectivity index (χ1v) is 9.75. The van der Waals surface area contributed by atoms with Crippen molar-refractivity contribution in [1.29, 1.82) is 0 Å². The summed E-state index contributed by atoms with van der Waals surface area (Å²) in [4.78, 5) is 36.5. The average Bonchev–Trinajstić information content (AvgIpc) is 2.70. The minimum absolute atomic E-state index is 0.0541. The van der Waals surface area contributed by atoms with Crippen LogP contribution in [0.2, 0.25) is 0 Å². The number of anilines is 2. The molecule has 2 amide bonds. The van der Waals surface area contributed by atoms with Crippen LogP contribution in [0.5, 0.6) is 11.5 Å². The van der Waals surface area contributed by atoms with Crippen molar-refractivity contribution < 1.29 is 24.0 Å². The third-order valence-electron chi connectivity index (χ3n) is 4.03. The van der Waals surface area contributed by atoms with E-state index in [2.05, 4.69) is 10.6 Å². The van der Waals surface area contributed by atoms with Crippen molar-refractivity contribution >= 4 is 28.9 Å². The molecule has 0 saturated carbocycles. The Morgan fingerprint density at radius 3 is 2.23 bits per heavy atom. The summed E-state index contributed by atoms with van der Waals surface area (Å²) >= 11 is 0. The molecule has 166 valence electrons. The number of nitro benzene ring substituents is 1. The summed E-state index contributed by atoms with van der Waals surface area (Å²) in [6.45, 7) is 4.49. The highest BCUT2D eigenvalue weighted by Gasteiger charge is 2.17. The van der Waals surface area contributed by atoms with Gasteiger partial charge in [-0.25, -0.2) is 0 Å². The predicted molar refractivity (Wildman–Crippen MR) is 117 cm³/mol. The van der Waals surface area contributed by atoms with Gasteiger partial charge in [-0.05, 0) is 39.1 Å². The highest BCUT2D eigenvalue weighted by Crippen LogP contribution is 2.30. The van der Waals surface area contributed by atoms with Crippen molar-refractivity contribution in [2.75, 3.05) is 44.0 Å². The van der Waals surface area contributed by atoms with Crippen LogP contribution in [-0.2, 0) is 9.59 Å². The molecule has 2 rings (SSSR count). The molecule has 2 aromatic carbocycles. The maximum atomic E-state index is 12.3.